The van der Waals surface area contributed by atoms with Crippen LogP contribution >= 0.6 is 0 Å². The summed E-state index contributed by atoms with van der Waals surface area (Å²) in [6.07, 6.45) is 2.93. The quantitative estimate of drug-likeness (QED) is 0.799. The van der Waals surface area contributed by atoms with Gasteiger partial charge in [0.1, 0.15) is 0 Å². The second kappa shape index (κ2) is 7.25. The lowest BCUT2D eigenvalue weighted by Crippen LogP contribution is -2.42. The van der Waals surface area contributed by atoms with Crippen LogP contribution in [-0.2, 0) is 20.7 Å². The Morgan fingerprint density at radius 1 is 1.38 bits per heavy atom. The maximum absolute atomic E-state index is 12.3. The first kappa shape index (κ1) is 15.5. The number of likely N-dealkylation sites (tertiary alicyclic amines) is 1. The van der Waals surface area contributed by atoms with Gasteiger partial charge in [-0.3, -0.25) is 9.59 Å². The van der Waals surface area contributed by atoms with Crippen molar-refractivity contribution in [1.29, 1.82) is 0 Å². The molecule has 1 aliphatic rings. The Bertz CT molecular complexity index is 513. The van der Waals surface area contributed by atoms with Gasteiger partial charge in [-0.15, -0.1) is 0 Å². The van der Waals surface area contributed by atoms with Crippen molar-refractivity contribution in [3.63, 3.8) is 0 Å². The SMILES string of the molecule is COC(=O)[C@H]1CCCN(C(=O)CCc2cccc(C)c2)C1. The maximum atomic E-state index is 12.3. The van der Waals surface area contributed by atoms with E-state index in [2.05, 4.69) is 19.1 Å². The molecule has 1 aliphatic heterocycles. The van der Waals surface area contributed by atoms with E-state index in [9.17, 15) is 9.59 Å². The minimum atomic E-state index is -0.203. The molecule has 1 heterocycles. The molecule has 1 amide bonds. The Kier molecular flexibility index (Phi) is 5.37. The van der Waals surface area contributed by atoms with Crippen molar-refractivity contribution < 1.29 is 14.3 Å². The molecule has 1 saturated heterocycles. The van der Waals surface area contributed by atoms with Crippen LogP contribution in [0.15, 0.2) is 24.3 Å². The normalized spacial score (nSPS) is 18.4. The van der Waals surface area contributed by atoms with Gasteiger partial charge < -0.3 is 9.64 Å². The van der Waals surface area contributed by atoms with E-state index in [-0.39, 0.29) is 17.8 Å². The summed E-state index contributed by atoms with van der Waals surface area (Å²) in [5, 5.41) is 0. The van der Waals surface area contributed by atoms with E-state index in [1.165, 1.54) is 18.2 Å². The first-order valence-electron chi connectivity index (χ1n) is 7.51. The standard InChI is InChI=1S/C17H23NO3/c1-13-5-3-6-14(11-13)8-9-16(19)18-10-4-7-15(12-18)17(20)21-2/h3,5-6,11,15H,4,7-10,12H2,1-2H3/t15-/m0/s1. The number of piperidine rings is 1. The van der Waals surface area contributed by atoms with Gasteiger partial charge in [0, 0.05) is 19.5 Å². The molecule has 0 aliphatic carbocycles. The number of benzene rings is 1. The second-order valence-electron chi connectivity index (χ2n) is 5.69. The fourth-order valence-electron chi connectivity index (χ4n) is 2.84. The molecular weight excluding hydrogens is 266 g/mol. The van der Waals surface area contributed by atoms with Crippen LogP contribution in [0.3, 0.4) is 0 Å². The number of aryl methyl sites for hydroxylation is 2. The van der Waals surface area contributed by atoms with E-state index in [1.54, 1.807) is 4.90 Å². The van der Waals surface area contributed by atoms with Crippen LogP contribution in [-0.4, -0.2) is 37.0 Å². The molecule has 0 radical (unpaired) electrons. The molecule has 4 nitrogen and oxygen atoms in total. The van der Waals surface area contributed by atoms with E-state index in [0.29, 0.717) is 13.0 Å². The van der Waals surface area contributed by atoms with Gasteiger partial charge in [-0.25, -0.2) is 0 Å². The zero-order chi connectivity index (χ0) is 15.2. The maximum Gasteiger partial charge on any atom is 0.310 e. The number of hydrogen-bond acceptors (Lipinski definition) is 3. The zero-order valence-corrected chi connectivity index (χ0v) is 12.8. The molecule has 0 bridgehead atoms. The van der Waals surface area contributed by atoms with Gasteiger partial charge in [-0.1, -0.05) is 29.8 Å². The van der Waals surface area contributed by atoms with E-state index in [4.69, 9.17) is 4.74 Å². The number of rotatable bonds is 4. The van der Waals surface area contributed by atoms with E-state index in [1.807, 2.05) is 12.1 Å². The number of amides is 1. The summed E-state index contributed by atoms with van der Waals surface area (Å²) >= 11 is 0. The van der Waals surface area contributed by atoms with Gasteiger partial charge in [0.15, 0.2) is 0 Å². The molecule has 0 spiro atoms. The van der Waals surface area contributed by atoms with Gasteiger partial charge in [0.25, 0.3) is 0 Å². The van der Waals surface area contributed by atoms with Crippen molar-refractivity contribution in [2.24, 2.45) is 5.92 Å². The molecule has 1 atom stereocenters. The van der Waals surface area contributed by atoms with Crippen molar-refractivity contribution in [1.82, 2.24) is 4.90 Å². The van der Waals surface area contributed by atoms with Crippen molar-refractivity contribution in [3.8, 4) is 0 Å². The van der Waals surface area contributed by atoms with Crippen molar-refractivity contribution in [2.75, 3.05) is 20.2 Å². The zero-order valence-electron chi connectivity index (χ0n) is 12.8. The molecule has 0 unspecified atom stereocenters. The third-order valence-corrected chi connectivity index (χ3v) is 4.02. The molecule has 4 heteroatoms. The summed E-state index contributed by atoms with van der Waals surface area (Å²) in [7, 11) is 1.40. The second-order valence-corrected chi connectivity index (χ2v) is 5.69. The number of ether oxygens (including phenoxy) is 1. The smallest absolute Gasteiger partial charge is 0.310 e. The topological polar surface area (TPSA) is 46.6 Å². The van der Waals surface area contributed by atoms with Crippen LogP contribution in [0.5, 0.6) is 0 Å². The minimum absolute atomic E-state index is 0.130. The summed E-state index contributed by atoms with van der Waals surface area (Å²) in [6, 6.07) is 8.23. The van der Waals surface area contributed by atoms with Crippen LogP contribution in [0, 0.1) is 12.8 Å². The Labute approximate surface area is 126 Å². The monoisotopic (exact) mass is 289 g/mol. The fourth-order valence-corrected chi connectivity index (χ4v) is 2.84. The molecule has 2 rings (SSSR count). The third-order valence-electron chi connectivity index (χ3n) is 4.02. The molecule has 0 saturated carbocycles. The van der Waals surface area contributed by atoms with Crippen LogP contribution in [0.1, 0.15) is 30.4 Å². The lowest BCUT2D eigenvalue weighted by molar-refractivity contribution is -0.149. The van der Waals surface area contributed by atoms with Gasteiger partial charge in [-0.05, 0) is 31.7 Å². The van der Waals surface area contributed by atoms with Crippen LogP contribution in [0.25, 0.3) is 0 Å². The highest BCUT2D eigenvalue weighted by Gasteiger charge is 2.28. The molecule has 1 aromatic carbocycles. The first-order chi connectivity index (χ1) is 10.1. The van der Waals surface area contributed by atoms with E-state index >= 15 is 0 Å². The third kappa shape index (κ3) is 4.31. The van der Waals surface area contributed by atoms with Gasteiger partial charge in [0.05, 0.1) is 13.0 Å². The number of carbonyl (C=O) groups is 2. The Morgan fingerprint density at radius 3 is 2.90 bits per heavy atom. The number of hydrogen-bond donors (Lipinski definition) is 0. The average molecular weight is 289 g/mol. The first-order valence-corrected chi connectivity index (χ1v) is 7.51. The summed E-state index contributed by atoms with van der Waals surface area (Å²) in [6.45, 7) is 3.30. The predicted octanol–water partition coefficient (Wildman–Crippen LogP) is 2.34. The van der Waals surface area contributed by atoms with Gasteiger partial charge in [-0.2, -0.15) is 0 Å². The molecule has 0 N–H and O–H groups in total. The lowest BCUT2D eigenvalue weighted by Gasteiger charge is -2.31. The van der Waals surface area contributed by atoms with Crippen molar-refractivity contribution in [3.05, 3.63) is 35.4 Å². The Balaban J connectivity index is 1.86. The summed E-state index contributed by atoms with van der Waals surface area (Å²) in [5.74, 6) is -0.233. The van der Waals surface area contributed by atoms with Gasteiger partial charge >= 0.3 is 5.97 Å². The van der Waals surface area contributed by atoms with E-state index in [0.717, 1.165) is 25.8 Å². The number of nitrogens with zero attached hydrogens (tertiary/aromatic N) is 1. The molecule has 114 valence electrons. The number of methoxy groups -OCH3 is 1. The van der Waals surface area contributed by atoms with Crippen molar-refractivity contribution in [2.45, 2.75) is 32.6 Å². The molecule has 0 aromatic heterocycles. The molecular formula is C17H23NO3. The van der Waals surface area contributed by atoms with Crippen LogP contribution < -0.4 is 0 Å². The van der Waals surface area contributed by atoms with Gasteiger partial charge in [0.2, 0.25) is 5.91 Å². The van der Waals surface area contributed by atoms with Crippen LogP contribution in [0.2, 0.25) is 0 Å². The number of carbonyl (C=O) groups excluding carboxylic acids is 2. The van der Waals surface area contributed by atoms with Crippen LogP contribution in [0.4, 0.5) is 0 Å². The summed E-state index contributed by atoms with van der Waals surface area (Å²) < 4.78 is 4.78. The minimum Gasteiger partial charge on any atom is -0.469 e. The largest absolute Gasteiger partial charge is 0.469 e. The lowest BCUT2D eigenvalue weighted by atomic mass is 9.97. The number of esters is 1. The molecule has 21 heavy (non-hydrogen) atoms. The highest BCUT2D eigenvalue weighted by Crippen LogP contribution is 2.19. The molecule has 1 aromatic rings. The average Bonchev–Trinajstić information content (AvgIpc) is 2.52. The van der Waals surface area contributed by atoms with E-state index < -0.39 is 0 Å². The molecule has 1 fully saturated rings. The predicted molar refractivity (Wildman–Crippen MR) is 80.8 cm³/mol. The Hall–Kier alpha value is -1.84. The Morgan fingerprint density at radius 2 is 2.19 bits per heavy atom. The fraction of sp³-hybridized carbons (Fsp3) is 0.529. The highest BCUT2D eigenvalue weighted by molar-refractivity contribution is 5.78. The van der Waals surface area contributed by atoms with Crippen molar-refractivity contribution >= 4 is 11.9 Å². The summed E-state index contributed by atoms with van der Waals surface area (Å²) in [5.41, 5.74) is 2.40. The summed E-state index contributed by atoms with van der Waals surface area (Å²) in [4.78, 5) is 25.7. The highest BCUT2D eigenvalue weighted by atomic mass is 16.5.